The van der Waals surface area contributed by atoms with E-state index in [4.69, 9.17) is 10.2 Å². The summed E-state index contributed by atoms with van der Waals surface area (Å²) in [5.74, 6) is -0.827. The molecule has 0 aromatic carbocycles. The molecule has 1 rings (SSSR count). The second-order valence-corrected chi connectivity index (χ2v) is 2.53. The molecule has 0 aliphatic carbocycles. The molecule has 2 atom stereocenters. The summed E-state index contributed by atoms with van der Waals surface area (Å²) in [4.78, 5) is 10.3. The lowest BCUT2D eigenvalue weighted by Crippen LogP contribution is -2.45. The highest BCUT2D eigenvalue weighted by molar-refractivity contribution is 5.73. The summed E-state index contributed by atoms with van der Waals surface area (Å²) in [6.07, 6.45) is 0.746. The minimum Gasteiger partial charge on any atom is -0.480 e. The van der Waals surface area contributed by atoms with E-state index in [2.05, 4.69) is 5.32 Å². The van der Waals surface area contributed by atoms with Crippen molar-refractivity contribution in [2.75, 3.05) is 6.54 Å². The quantitative estimate of drug-likeness (QED) is 0.451. The first-order chi connectivity index (χ1) is 4.70. The van der Waals surface area contributed by atoms with Crippen LogP contribution in [0.25, 0.3) is 0 Å². The predicted octanol–water partition coefficient (Wildman–Crippen LogP) is -0.816. The largest absolute Gasteiger partial charge is 0.480 e. The molecule has 0 amide bonds. The minimum absolute atomic E-state index is 0.365. The smallest absolute Gasteiger partial charge is 0.320 e. The summed E-state index contributed by atoms with van der Waals surface area (Å²) in [5.41, 5.74) is 0. The van der Waals surface area contributed by atoms with Gasteiger partial charge in [0.25, 0.3) is 0 Å². The van der Waals surface area contributed by atoms with Crippen LogP contribution in [0.2, 0.25) is 0 Å². The first-order valence-corrected chi connectivity index (χ1v) is 3.34. The van der Waals surface area contributed by atoms with Crippen molar-refractivity contribution in [3.63, 3.8) is 0 Å². The Kier molecular flexibility index (Phi) is 2.24. The number of carboxylic acids is 1. The zero-order chi connectivity index (χ0) is 7.56. The monoisotopic (exact) mass is 145 g/mol. The van der Waals surface area contributed by atoms with Crippen molar-refractivity contribution in [2.24, 2.45) is 0 Å². The highest BCUT2D eigenvalue weighted by atomic mass is 16.4. The van der Waals surface area contributed by atoms with Crippen LogP contribution in [0.15, 0.2) is 0 Å². The fraction of sp³-hybridized carbons (Fsp3) is 0.833. The summed E-state index contributed by atoms with van der Waals surface area (Å²) in [6.45, 7) is 0.400. The standard InChI is InChI=1S/C6H11NO3/c8-4-1-2-5(6(9)10)7-3-4/h4-5,7-8H,1-3H2,(H,9,10). The second kappa shape index (κ2) is 2.98. The highest BCUT2D eigenvalue weighted by Gasteiger charge is 2.23. The SMILES string of the molecule is O=C(O)C1CCC(O)CN1. The Labute approximate surface area is 58.9 Å². The Bertz CT molecular complexity index is 129. The molecule has 1 aliphatic heterocycles. The lowest BCUT2D eigenvalue weighted by atomic mass is 10.0. The van der Waals surface area contributed by atoms with E-state index >= 15 is 0 Å². The lowest BCUT2D eigenvalue weighted by molar-refractivity contribution is -0.140. The molecule has 0 bridgehead atoms. The van der Waals surface area contributed by atoms with Gasteiger partial charge in [0.2, 0.25) is 0 Å². The van der Waals surface area contributed by atoms with E-state index in [1.54, 1.807) is 0 Å². The predicted molar refractivity (Wildman–Crippen MR) is 34.7 cm³/mol. The number of nitrogens with one attached hydrogen (secondary N) is 1. The maximum Gasteiger partial charge on any atom is 0.320 e. The number of carbonyl (C=O) groups is 1. The zero-order valence-corrected chi connectivity index (χ0v) is 5.58. The number of rotatable bonds is 1. The molecule has 0 radical (unpaired) electrons. The van der Waals surface area contributed by atoms with Gasteiger partial charge < -0.3 is 15.5 Å². The van der Waals surface area contributed by atoms with Gasteiger partial charge in [-0.2, -0.15) is 0 Å². The second-order valence-electron chi connectivity index (χ2n) is 2.53. The average Bonchev–Trinajstić information content (AvgIpc) is 1.88. The maximum absolute atomic E-state index is 10.3. The van der Waals surface area contributed by atoms with Crippen LogP contribution in [-0.4, -0.2) is 34.9 Å². The summed E-state index contributed by atoms with van der Waals surface area (Å²) in [6, 6.07) is -0.455. The molecule has 4 heteroatoms. The van der Waals surface area contributed by atoms with E-state index in [-0.39, 0.29) is 6.10 Å². The van der Waals surface area contributed by atoms with Crippen LogP contribution in [0.1, 0.15) is 12.8 Å². The number of aliphatic carboxylic acids is 1. The van der Waals surface area contributed by atoms with Crippen molar-refractivity contribution in [2.45, 2.75) is 25.0 Å². The van der Waals surface area contributed by atoms with E-state index < -0.39 is 12.0 Å². The van der Waals surface area contributed by atoms with Crippen LogP contribution >= 0.6 is 0 Å². The van der Waals surface area contributed by atoms with Gasteiger partial charge in [-0.05, 0) is 12.8 Å². The third-order valence-electron chi connectivity index (χ3n) is 1.69. The molecule has 1 aliphatic rings. The van der Waals surface area contributed by atoms with Crippen molar-refractivity contribution in [1.29, 1.82) is 0 Å². The first kappa shape index (κ1) is 7.50. The number of hydrogen-bond donors (Lipinski definition) is 3. The molecule has 0 spiro atoms. The van der Waals surface area contributed by atoms with Crippen molar-refractivity contribution in [3.8, 4) is 0 Å². The zero-order valence-electron chi connectivity index (χ0n) is 5.58. The van der Waals surface area contributed by atoms with Crippen molar-refractivity contribution in [1.82, 2.24) is 5.32 Å². The molecule has 10 heavy (non-hydrogen) atoms. The van der Waals surface area contributed by atoms with Crippen molar-refractivity contribution in [3.05, 3.63) is 0 Å². The van der Waals surface area contributed by atoms with Gasteiger partial charge in [-0.15, -0.1) is 0 Å². The molecule has 0 aromatic heterocycles. The van der Waals surface area contributed by atoms with Crippen molar-refractivity contribution >= 4 is 5.97 Å². The number of carboxylic acid groups (broad SMARTS) is 1. The van der Waals surface area contributed by atoms with Crippen LogP contribution < -0.4 is 5.32 Å². The van der Waals surface area contributed by atoms with E-state index in [0.29, 0.717) is 19.4 Å². The summed E-state index contributed by atoms with van der Waals surface area (Å²) in [7, 11) is 0. The first-order valence-electron chi connectivity index (χ1n) is 3.34. The van der Waals surface area contributed by atoms with E-state index in [1.807, 2.05) is 0 Å². The fourth-order valence-corrected chi connectivity index (χ4v) is 1.05. The van der Waals surface area contributed by atoms with Gasteiger partial charge in [0.05, 0.1) is 6.10 Å². The molecule has 4 nitrogen and oxygen atoms in total. The summed E-state index contributed by atoms with van der Waals surface area (Å²) in [5, 5.41) is 20.2. The molecule has 3 N–H and O–H groups in total. The normalized spacial score (nSPS) is 33.7. The Morgan fingerprint density at radius 1 is 1.50 bits per heavy atom. The lowest BCUT2D eigenvalue weighted by Gasteiger charge is -2.23. The number of aliphatic hydroxyl groups is 1. The van der Waals surface area contributed by atoms with Crippen LogP contribution in [0.4, 0.5) is 0 Å². The third-order valence-corrected chi connectivity index (χ3v) is 1.69. The van der Waals surface area contributed by atoms with Gasteiger partial charge in [-0.3, -0.25) is 4.79 Å². The topological polar surface area (TPSA) is 69.6 Å². The summed E-state index contributed by atoms with van der Waals surface area (Å²) >= 11 is 0. The van der Waals surface area contributed by atoms with E-state index in [9.17, 15) is 4.79 Å². The maximum atomic E-state index is 10.3. The molecule has 1 heterocycles. The Hall–Kier alpha value is -0.610. The van der Waals surface area contributed by atoms with Gasteiger partial charge in [0.15, 0.2) is 0 Å². The molecule has 58 valence electrons. The average molecular weight is 145 g/mol. The van der Waals surface area contributed by atoms with Gasteiger partial charge in [-0.1, -0.05) is 0 Å². The number of β-amino-alcohol motifs (C(OH)–C–C–N with tert-alkyl or cyclic N) is 1. The summed E-state index contributed by atoms with van der Waals surface area (Å²) < 4.78 is 0. The van der Waals surface area contributed by atoms with Crippen LogP contribution in [0.3, 0.4) is 0 Å². The molecule has 0 aromatic rings. The molecular formula is C6H11NO3. The molecular weight excluding hydrogens is 134 g/mol. The van der Waals surface area contributed by atoms with E-state index in [1.165, 1.54) is 0 Å². The molecule has 1 fully saturated rings. The highest BCUT2D eigenvalue weighted by Crippen LogP contribution is 2.07. The van der Waals surface area contributed by atoms with Crippen LogP contribution in [0.5, 0.6) is 0 Å². The van der Waals surface area contributed by atoms with Gasteiger partial charge in [-0.25, -0.2) is 0 Å². The number of aliphatic hydroxyl groups excluding tert-OH is 1. The van der Waals surface area contributed by atoms with Gasteiger partial charge in [0.1, 0.15) is 6.04 Å². The number of hydrogen-bond acceptors (Lipinski definition) is 3. The van der Waals surface area contributed by atoms with E-state index in [0.717, 1.165) is 0 Å². The Balaban J connectivity index is 2.33. The van der Waals surface area contributed by atoms with Crippen LogP contribution in [0, 0.1) is 0 Å². The van der Waals surface area contributed by atoms with Crippen molar-refractivity contribution < 1.29 is 15.0 Å². The fourth-order valence-electron chi connectivity index (χ4n) is 1.05. The molecule has 1 saturated heterocycles. The van der Waals surface area contributed by atoms with Gasteiger partial charge in [0, 0.05) is 6.54 Å². The molecule has 2 unspecified atom stereocenters. The Morgan fingerprint density at radius 2 is 2.20 bits per heavy atom. The van der Waals surface area contributed by atoms with Gasteiger partial charge >= 0.3 is 5.97 Å². The minimum atomic E-state index is -0.827. The number of piperidine rings is 1. The van der Waals surface area contributed by atoms with Crippen LogP contribution in [-0.2, 0) is 4.79 Å². The molecule has 0 saturated carbocycles. The third kappa shape index (κ3) is 1.68. The Morgan fingerprint density at radius 3 is 2.60 bits per heavy atom.